The Balaban J connectivity index is 1.66. The van der Waals surface area contributed by atoms with Gasteiger partial charge in [0.05, 0.1) is 6.04 Å². The summed E-state index contributed by atoms with van der Waals surface area (Å²) in [6.45, 7) is 1.77. The average Bonchev–Trinajstić information content (AvgIpc) is 3.43. The Morgan fingerprint density at radius 1 is 0.750 bits per heavy atom. The lowest BCUT2D eigenvalue weighted by Crippen LogP contribution is -2.36. The van der Waals surface area contributed by atoms with Gasteiger partial charge in [-0.2, -0.15) is 0 Å². The highest BCUT2D eigenvalue weighted by Gasteiger charge is 2.52. The monoisotopic (exact) mass is 315 g/mol. The first-order chi connectivity index (χ1) is 11.8. The molecule has 3 aromatic carbocycles. The number of hydrogen-bond donors (Lipinski definition) is 1. The Morgan fingerprint density at radius 3 is 1.71 bits per heavy atom. The summed E-state index contributed by atoms with van der Waals surface area (Å²) in [4.78, 5) is 2.33. The van der Waals surface area contributed by atoms with Gasteiger partial charge in [0, 0.05) is 13.1 Å². The van der Waals surface area contributed by atoms with Crippen molar-refractivity contribution in [1.82, 2.24) is 4.90 Å². The Hall–Kier alpha value is -2.42. The lowest BCUT2D eigenvalue weighted by atomic mass is 9.83. The minimum atomic E-state index is -0.975. The van der Waals surface area contributed by atoms with Gasteiger partial charge in [-0.05, 0) is 16.7 Å². The third-order valence-electron chi connectivity index (χ3n) is 4.85. The molecular weight excluding hydrogens is 294 g/mol. The number of hydrogen-bond acceptors (Lipinski definition) is 2. The summed E-state index contributed by atoms with van der Waals surface area (Å²) in [5, 5.41) is 11.7. The second kappa shape index (κ2) is 6.23. The van der Waals surface area contributed by atoms with Crippen molar-refractivity contribution < 1.29 is 5.11 Å². The molecule has 3 aromatic rings. The summed E-state index contributed by atoms with van der Waals surface area (Å²) in [6, 6.07) is 30.6. The molecule has 1 fully saturated rings. The van der Waals surface area contributed by atoms with E-state index in [1.807, 2.05) is 66.7 Å². The molecule has 1 saturated heterocycles. The maximum atomic E-state index is 11.7. The molecule has 2 atom stereocenters. The van der Waals surface area contributed by atoms with Crippen LogP contribution in [0.25, 0.3) is 0 Å². The minimum Gasteiger partial charge on any atom is -0.379 e. The normalized spacial score (nSPS) is 19.9. The number of aliphatic hydroxyl groups is 1. The second-order valence-electron chi connectivity index (χ2n) is 6.43. The zero-order valence-electron chi connectivity index (χ0n) is 13.5. The van der Waals surface area contributed by atoms with Crippen LogP contribution in [0, 0.1) is 0 Å². The molecular formula is C22H21NO. The van der Waals surface area contributed by atoms with Crippen molar-refractivity contribution in [3.8, 4) is 0 Å². The van der Waals surface area contributed by atoms with Crippen LogP contribution in [0.1, 0.15) is 16.7 Å². The molecule has 0 aromatic heterocycles. The van der Waals surface area contributed by atoms with E-state index in [1.54, 1.807) is 0 Å². The van der Waals surface area contributed by atoms with Crippen LogP contribution >= 0.6 is 0 Å². The van der Waals surface area contributed by atoms with Crippen molar-refractivity contribution in [2.45, 2.75) is 18.2 Å². The Morgan fingerprint density at radius 2 is 1.21 bits per heavy atom. The molecule has 1 aliphatic heterocycles. The van der Waals surface area contributed by atoms with E-state index in [-0.39, 0.29) is 6.04 Å². The van der Waals surface area contributed by atoms with Crippen LogP contribution in [0.5, 0.6) is 0 Å². The number of nitrogens with zero attached hydrogens (tertiary/aromatic N) is 1. The van der Waals surface area contributed by atoms with E-state index in [2.05, 4.69) is 29.2 Å². The Labute approximate surface area is 143 Å². The number of benzene rings is 3. The Kier molecular flexibility index (Phi) is 3.93. The van der Waals surface area contributed by atoms with Gasteiger partial charge >= 0.3 is 0 Å². The molecule has 1 unspecified atom stereocenters. The molecule has 24 heavy (non-hydrogen) atoms. The van der Waals surface area contributed by atoms with E-state index in [4.69, 9.17) is 0 Å². The lowest BCUT2D eigenvalue weighted by molar-refractivity contribution is 0.0638. The fraction of sp³-hybridized carbons (Fsp3) is 0.182. The van der Waals surface area contributed by atoms with Gasteiger partial charge < -0.3 is 5.11 Å². The molecule has 1 N–H and O–H groups in total. The van der Waals surface area contributed by atoms with Crippen molar-refractivity contribution in [2.75, 3.05) is 6.54 Å². The van der Waals surface area contributed by atoms with Crippen LogP contribution in [0.2, 0.25) is 0 Å². The molecule has 2 nitrogen and oxygen atoms in total. The largest absolute Gasteiger partial charge is 0.379 e. The molecule has 0 radical (unpaired) electrons. The second-order valence-corrected chi connectivity index (χ2v) is 6.43. The van der Waals surface area contributed by atoms with E-state index in [9.17, 15) is 5.11 Å². The van der Waals surface area contributed by atoms with Gasteiger partial charge in [-0.15, -0.1) is 0 Å². The van der Waals surface area contributed by atoms with Crippen LogP contribution in [-0.4, -0.2) is 22.6 Å². The molecule has 0 spiro atoms. The third-order valence-corrected chi connectivity index (χ3v) is 4.85. The highest BCUT2D eigenvalue weighted by Crippen LogP contribution is 2.42. The summed E-state index contributed by atoms with van der Waals surface area (Å²) in [5.74, 6) is 0. The van der Waals surface area contributed by atoms with Crippen molar-refractivity contribution in [3.63, 3.8) is 0 Å². The van der Waals surface area contributed by atoms with Gasteiger partial charge in [0.1, 0.15) is 5.60 Å². The maximum Gasteiger partial charge on any atom is 0.131 e. The predicted octanol–water partition coefficient (Wildman–Crippen LogP) is 3.81. The van der Waals surface area contributed by atoms with E-state index in [1.165, 1.54) is 5.56 Å². The van der Waals surface area contributed by atoms with Gasteiger partial charge in [0.2, 0.25) is 0 Å². The van der Waals surface area contributed by atoms with Gasteiger partial charge in [-0.1, -0.05) is 91.0 Å². The fourth-order valence-electron chi connectivity index (χ4n) is 3.50. The summed E-state index contributed by atoms with van der Waals surface area (Å²) in [7, 11) is 0. The summed E-state index contributed by atoms with van der Waals surface area (Å²) in [6.07, 6.45) is 0. The van der Waals surface area contributed by atoms with Crippen LogP contribution in [0.15, 0.2) is 91.0 Å². The molecule has 0 amide bonds. The van der Waals surface area contributed by atoms with Gasteiger partial charge in [0.25, 0.3) is 0 Å². The van der Waals surface area contributed by atoms with Crippen molar-refractivity contribution in [1.29, 1.82) is 0 Å². The van der Waals surface area contributed by atoms with Crippen LogP contribution < -0.4 is 0 Å². The maximum absolute atomic E-state index is 11.7. The molecule has 2 heteroatoms. The standard InChI is InChI=1S/C22H21NO/c24-22(19-12-6-2-7-13-19,20-14-8-3-9-15-20)21-17-23(21)16-18-10-4-1-5-11-18/h1-15,21,24H,16-17H2/t21-,23?/m0/s1. The first-order valence-electron chi connectivity index (χ1n) is 8.40. The zero-order chi connectivity index (χ0) is 16.4. The van der Waals surface area contributed by atoms with E-state index in [0.717, 1.165) is 24.2 Å². The molecule has 0 bridgehead atoms. The summed E-state index contributed by atoms with van der Waals surface area (Å²) < 4.78 is 0. The molecule has 120 valence electrons. The Bertz CT molecular complexity index is 746. The van der Waals surface area contributed by atoms with E-state index in [0.29, 0.717) is 0 Å². The third kappa shape index (κ3) is 2.75. The van der Waals surface area contributed by atoms with Crippen molar-refractivity contribution >= 4 is 0 Å². The zero-order valence-corrected chi connectivity index (χ0v) is 13.5. The fourth-order valence-corrected chi connectivity index (χ4v) is 3.50. The van der Waals surface area contributed by atoms with Crippen molar-refractivity contribution in [2.24, 2.45) is 0 Å². The van der Waals surface area contributed by atoms with E-state index >= 15 is 0 Å². The minimum absolute atomic E-state index is 0.0995. The molecule has 1 aliphatic rings. The van der Waals surface area contributed by atoms with Crippen LogP contribution in [0.4, 0.5) is 0 Å². The SMILES string of the molecule is OC(c1ccccc1)(c1ccccc1)[C@@H]1CN1Cc1ccccc1. The first kappa shape index (κ1) is 15.1. The van der Waals surface area contributed by atoms with E-state index < -0.39 is 5.60 Å². The predicted molar refractivity (Wildman–Crippen MR) is 96.5 cm³/mol. The van der Waals surface area contributed by atoms with Crippen molar-refractivity contribution in [3.05, 3.63) is 108 Å². The number of rotatable bonds is 5. The van der Waals surface area contributed by atoms with Crippen LogP contribution in [-0.2, 0) is 12.1 Å². The summed E-state index contributed by atoms with van der Waals surface area (Å²) in [5.41, 5.74) is 2.22. The van der Waals surface area contributed by atoms with Gasteiger partial charge in [-0.3, -0.25) is 4.90 Å². The lowest BCUT2D eigenvalue weighted by Gasteiger charge is -2.30. The van der Waals surface area contributed by atoms with Crippen LogP contribution in [0.3, 0.4) is 0 Å². The smallest absolute Gasteiger partial charge is 0.131 e. The molecule has 1 heterocycles. The quantitative estimate of drug-likeness (QED) is 0.724. The van der Waals surface area contributed by atoms with Gasteiger partial charge in [0.15, 0.2) is 0 Å². The highest BCUT2D eigenvalue weighted by molar-refractivity contribution is 5.40. The first-order valence-corrected chi connectivity index (χ1v) is 8.40. The summed E-state index contributed by atoms with van der Waals surface area (Å²) >= 11 is 0. The molecule has 0 aliphatic carbocycles. The van der Waals surface area contributed by atoms with Gasteiger partial charge in [-0.25, -0.2) is 0 Å². The molecule has 4 rings (SSSR count). The topological polar surface area (TPSA) is 23.2 Å². The highest BCUT2D eigenvalue weighted by atomic mass is 16.3. The molecule has 0 saturated carbocycles. The average molecular weight is 315 g/mol.